The predicted octanol–water partition coefficient (Wildman–Crippen LogP) is 3.75. The van der Waals surface area contributed by atoms with Gasteiger partial charge < -0.3 is 5.11 Å². The molecule has 0 bridgehead atoms. The normalized spacial score (nSPS) is 9.17. The lowest BCUT2D eigenvalue weighted by Crippen LogP contribution is -1.71. The molecule has 0 aliphatic rings. The molecule has 0 atom stereocenters. The lowest BCUT2D eigenvalue weighted by Gasteiger charge is -2.00. The van der Waals surface area contributed by atoms with E-state index in [2.05, 4.69) is 26.0 Å². The average Bonchev–Trinajstić information content (AvgIpc) is 2.00. The molecule has 0 heterocycles. The molecule has 4 nitrogen and oxygen atoms in total. The van der Waals surface area contributed by atoms with Crippen LogP contribution in [-0.4, -0.2) is 5.11 Å². The molecular weight excluding hydrogens is 245 g/mol. The number of hydrogen-bond donors (Lipinski definition) is 1. The second kappa shape index (κ2) is 3.67. The third-order valence-electron chi connectivity index (χ3n) is 1.16. The minimum absolute atomic E-state index is 0.108. The Kier molecular flexibility index (Phi) is 2.81. The Balaban J connectivity index is 3.36. The van der Waals surface area contributed by atoms with Gasteiger partial charge in [0.1, 0.15) is 5.75 Å². The lowest BCUT2D eigenvalue weighted by atomic mass is 10.3. The van der Waals surface area contributed by atoms with Crippen molar-refractivity contribution in [1.29, 1.82) is 0 Å². The third-order valence-corrected chi connectivity index (χ3v) is 1.98. The van der Waals surface area contributed by atoms with Crippen LogP contribution in [0.15, 0.2) is 21.7 Å². The van der Waals surface area contributed by atoms with Crippen molar-refractivity contribution in [2.45, 2.75) is 0 Å². The largest absolute Gasteiger partial charge is 0.506 e. The third kappa shape index (κ3) is 1.82. The van der Waals surface area contributed by atoms with E-state index in [1.807, 2.05) is 0 Å². The van der Waals surface area contributed by atoms with Gasteiger partial charge in [-0.1, -0.05) is 16.7 Å². The molecular formula is C6H3BrClN3O. The van der Waals surface area contributed by atoms with Crippen LogP contribution in [-0.2, 0) is 0 Å². The Morgan fingerprint density at radius 1 is 1.58 bits per heavy atom. The fourth-order valence-electron chi connectivity index (χ4n) is 0.677. The highest BCUT2D eigenvalue weighted by molar-refractivity contribution is 9.10. The molecule has 6 heteroatoms. The van der Waals surface area contributed by atoms with E-state index in [1.165, 1.54) is 12.1 Å². The van der Waals surface area contributed by atoms with Crippen LogP contribution >= 0.6 is 27.5 Å². The first-order valence-corrected chi connectivity index (χ1v) is 4.05. The van der Waals surface area contributed by atoms with E-state index in [9.17, 15) is 5.11 Å². The number of phenols is 1. The van der Waals surface area contributed by atoms with Crippen molar-refractivity contribution in [3.8, 4) is 5.75 Å². The molecule has 1 aromatic carbocycles. The molecule has 0 unspecified atom stereocenters. The molecule has 1 rings (SSSR count). The second-order valence-corrected chi connectivity index (χ2v) is 3.24. The predicted molar refractivity (Wildman–Crippen MR) is 49.6 cm³/mol. The number of aromatic hydroxyl groups is 1. The van der Waals surface area contributed by atoms with Gasteiger partial charge in [0, 0.05) is 9.93 Å². The molecule has 1 aromatic rings. The van der Waals surface area contributed by atoms with E-state index in [-0.39, 0.29) is 11.4 Å². The number of halogens is 2. The van der Waals surface area contributed by atoms with Crippen LogP contribution < -0.4 is 0 Å². The molecule has 0 saturated heterocycles. The van der Waals surface area contributed by atoms with Gasteiger partial charge in [0.05, 0.1) is 10.2 Å². The highest BCUT2D eigenvalue weighted by Crippen LogP contribution is 2.37. The zero-order chi connectivity index (χ0) is 9.14. The van der Waals surface area contributed by atoms with Crippen molar-refractivity contribution < 1.29 is 5.11 Å². The molecule has 0 aromatic heterocycles. The fourth-order valence-corrected chi connectivity index (χ4v) is 1.47. The van der Waals surface area contributed by atoms with E-state index in [0.29, 0.717) is 9.50 Å². The van der Waals surface area contributed by atoms with Crippen molar-refractivity contribution in [1.82, 2.24) is 0 Å². The van der Waals surface area contributed by atoms with Gasteiger partial charge in [-0.05, 0) is 33.6 Å². The summed E-state index contributed by atoms with van der Waals surface area (Å²) in [5.41, 5.74) is 8.22. The molecule has 1 N–H and O–H groups in total. The summed E-state index contributed by atoms with van der Waals surface area (Å²) < 4.78 is 0.400. The van der Waals surface area contributed by atoms with Crippen molar-refractivity contribution in [3.63, 3.8) is 0 Å². The summed E-state index contributed by atoms with van der Waals surface area (Å²) in [5, 5.41) is 12.9. The maximum Gasteiger partial charge on any atom is 0.139 e. The van der Waals surface area contributed by atoms with Crippen LogP contribution in [0.25, 0.3) is 10.4 Å². The first-order valence-electron chi connectivity index (χ1n) is 2.88. The number of nitrogens with zero attached hydrogens (tertiary/aromatic N) is 3. The van der Waals surface area contributed by atoms with Gasteiger partial charge >= 0.3 is 0 Å². The molecule has 0 amide bonds. The monoisotopic (exact) mass is 247 g/mol. The lowest BCUT2D eigenvalue weighted by molar-refractivity contribution is 0.473. The van der Waals surface area contributed by atoms with Crippen LogP contribution in [0.4, 0.5) is 5.69 Å². The number of hydrogen-bond acceptors (Lipinski definition) is 2. The second-order valence-electron chi connectivity index (χ2n) is 1.94. The summed E-state index contributed by atoms with van der Waals surface area (Å²) in [7, 11) is 0. The molecule has 0 fully saturated rings. The quantitative estimate of drug-likeness (QED) is 0.459. The summed E-state index contributed by atoms with van der Waals surface area (Å²) >= 11 is 8.68. The topological polar surface area (TPSA) is 69.0 Å². The van der Waals surface area contributed by atoms with Gasteiger partial charge in [-0.15, -0.1) is 0 Å². The summed E-state index contributed by atoms with van der Waals surface area (Å²) in [6.45, 7) is 0. The summed E-state index contributed by atoms with van der Waals surface area (Å²) in [6, 6.07) is 2.88. The van der Waals surface area contributed by atoms with Gasteiger partial charge in [0.15, 0.2) is 0 Å². The Hall–Kier alpha value is -0.900. The van der Waals surface area contributed by atoms with E-state index >= 15 is 0 Å². The van der Waals surface area contributed by atoms with Crippen LogP contribution in [0, 0.1) is 0 Å². The summed E-state index contributed by atoms with van der Waals surface area (Å²) in [4.78, 5) is 2.53. The number of rotatable bonds is 1. The Morgan fingerprint density at radius 2 is 2.25 bits per heavy atom. The number of phenolic OH excluding ortho intramolecular Hbond substituents is 1. The van der Waals surface area contributed by atoms with Crippen molar-refractivity contribution in [2.75, 3.05) is 0 Å². The van der Waals surface area contributed by atoms with E-state index < -0.39 is 0 Å². The molecule has 0 saturated carbocycles. The van der Waals surface area contributed by atoms with Crippen LogP contribution in [0.5, 0.6) is 5.75 Å². The van der Waals surface area contributed by atoms with Crippen LogP contribution in [0.3, 0.4) is 0 Å². The highest BCUT2D eigenvalue weighted by Gasteiger charge is 2.04. The van der Waals surface area contributed by atoms with Crippen LogP contribution in [0.2, 0.25) is 5.02 Å². The zero-order valence-electron chi connectivity index (χ0n) is 5.70. The van der Waals surface area contributed by atoms with E-state index in [1.54, 1.807) is 0 Å². The van der Waals surface area contributed by atoms with Crippen molar-refractivity contribution >= 4 is 33.2 Å². The first-order chi connectivity index (χ1) is 5.65. The maximum atomic E-state index is 9.28. The van der Waals surface area contributed by atoms with Gasteiger partial charge in [0.25, 0.3) is 0 Å². The molecule has 0 radical (unpaired) electrons. The standard InChI is InChI=1S/C6H3BrClN3O/c7-4-1-3(8)2-5(6(4)12)10-11-9/h1-2,12H. The van der Waals surface area contributed by atoms with Crippen molar-refractivity contribution in [3.05, 3.63) is 32.1 Å². The van der Waals surface area contributed by atoms with Gasteiger partial charge in [0.2, 0.25) is 0 Å². The van der Waals surface area contributed by atoms with E-state index in [0.717, 1.165) is 0 Å². The van der Waals surface area contributed by atoms with Crippen molar-refractivity contribution in [2.24, 2.45) is 5.11 Å². The average molecular weight is 248 g/mol. The molecule has 62 valence electrons. The molecule has 0 spiro atoms. The zero-order valence-corrected chi connectivity index (χ0v) is 8.04. The SMILES string of the molecule is [N-]=[N+]=Nc1cc(Cl)cc(Br)c1O. The van der Waals surface area contributed by atoms with Crippen LogP contribution in [0.1, 0.15) is 0 Å². The Bertz CT molecular complexity index is 362. The smallest absolute Gasteiger partial charge is 0.139 e. The Labute approximate surface area is 81.5 Å². The number of azide groups is 1. The maximum absolute atomic E-state index is 9.28. The highest BCUT2D eigenvalue weighted by atomic mass is 79.9. The van der Waals surface area contributed by atoms with Gasteiger partial charge in [-0.3, -0.25) is 0 Å². The summed E-state index contributed by atoms with van der Waals surface area (Å²) in [6.07, 6.45) is 0. The van der Waals surface area contributed by atoms with Gasteiger partial charge in [-0.2, -0.15) is 0 Å². The summed E-state index contributed by atoms with van der Waals surface area (Å²) in [5.74, 6) is -0.114. The molecule has 0 aliphatic carbocycles. The minimum Gasteiger partial charge on any atom is -0.506 e. The fraction of sp³-hybridized carbons (Fsp3) is 0. The Morgan fingerprint density at radius 3 is 2.83 bits per heavy atom. The number of benzene rings is 1. The van der Waals surface area contributed by atoms with E-state index in [4.69, 9.17) is 17.1 Å². The molecule has 0 aliphatic heterocycles. The molecule has 12 heavy (non-hydrogen) atoms. The van der Waals surface area contributed by atoms with Gasteiger partial charge in [-0.25, -0.2) is 0 Å². The minimum atomic E-state index is -0.114. The first kappa shape index (κ1) is 9.19.